The van der Waals surface area contributed by atoms with Crippen LogP contribution in [0.1, 0.15) is 32.6 Å². The number of rotatable bonds is 2. The Labute approximate surface area is 124 Å². The summed E-state index contributed by atoms with van der Waals surface area (Å²) in [5.74, 6) is -0.835. The highest BCUT2D eigenvalue weighted by Crippen LogP contribution is 2.32. The molecular weight excluding hydrogens is 262 g/mol. The monoisotopic (exact) mass is 279 g/mol. The van der Waals surface area contributed by atoms with Crippen molar-refractivity contribution in [3.8, 4) is 0 Å². The van der Waals surface area contributed by atoms with Crippen molar-refractivity contribution in [1.29, 1.82) is 0 Å². The van der Waals surface area contributed by atoms with E-state index in [1.165, 1.54) is 0 Å². The third kappa shape index (κ3) is 2.15. The maximum atomic E-state index is 12.3. The highest BCUT2D eigenvalue weighted by atomic mass is 16.2. The molecule has 0 radical (unpaired) electrons. The number of hydrogen-bond acceptors (Lipinski definition) is 2. The molecule has 0 bridgehead atoms. The van der Waals surface area contributed by atoms with E-state index in [1.54, 1.807) is 11.0 Å². The molecule has 0 spiro atoms. The normalized spacial score (nSPS) is 13.8. The fourth-order valence-corrected chi connectivity index (χ4v) is 2.83. The van der Waals surface area contributed by atoms with Crippen molar-refractivity contribution in [1.82, 2.24) is 0 Å². The summed E-state index contributed by atoms with van der Waals surface area (Å²) in [6.45, 7) is 6.42. The van der Waals surface area contributed by atoms with E-state index in [4.69, 9.17) is 0 Å². The molecule has 0 aromatic heterocycles. The quantitative estimate of drug-likeness (QED) is 0.791. The first kappa shape index (κ1) is 13.6. The van der Waals surface area contributed by atoms with Crippen molar-refractivity contribution in [2.24, 2.45) is 0 Å². The van der Waals surface area contributed by atoms with E-state index in [0.29, 0.717) is 12.1 Å². The zero-order valence-corrected chi connectivity index (χ0v) is 12.4. The van der Waals surface area contributed by atoms with Crippen molar-refractivity contribution >= 4 is 17.4 Å². The van der Waals surface area contributed by atoms with Crippen LogP contribution in [0.5, 0.6) is 0 Å². The molecule has 1 heterocycles. The number of amides is 1. The largest absolute Gasteiger partial charge is 0.300 e. The number of Topliss-reactive ketones (excluding diaryl/α,β-unsaturated/α-hetero) is 1. The fourth-order valence-electron chi connectivity index (χ4n) is 2.83. The van der Waals surface area contributed by atoms with Crippen molar-refractivity contribution in [2.45, 2.75) is 27.3 Å². The Morgan fingerprint density at radius 3 is 2.29 bits per heavy atom. The number of carbonyl (C=O) groups is 2. The minimum atomic E-state index is -0.432. The lowest BCUT2D eigenvalue weighted by atomic mass is 10.0. The Kier molecular flexibility index (Phi) is 3.13. The SMILES string of the molecule is Cc1ccc2c(c1)C(=O)C(=O)N2Cc1c(C)cccc1C. The molecule has 0 saturated heterocycles. The number of fused-ring (bicyclic) bond motifs is 1. The van der Waals surface area contributed by atoms with E-state index in [-0.39, 0.29) is 0 Å². The fraction of sp³-hybridized carbons (Fsp3) is 0.222. The van der Waals surface area contributed by atoms with E-state index in [2.05, 4.69) is 0 Å². The first-order valence-electron chi connectivity index (χ1n) is 7.01. The van der Waals surface area contributed by atoms with E-state index < -0.39 is 11.7 Å². The third-order valence-electron chi connectivity index (χ3n) is 4.09. The van der Waals surface area contributed by atoms with Gasteiger partial charge in [0.2, 0.25) is 0 Å². The van der Waals surface area contributed by atoms with Crippen molar-refractivity contribution in [2.75, 3.05) is 4.90 Å². The number of carbonyl (C=O) groups excluding carboxylic acids is 2. The highest BCUT2D eigenvalue weighted by Gasteiger charge is 2.35. The predicted molar refractivity (Wildman–Crippen MR) is 82.6 cm³/mol. The van der Waals surface area contributed by atoms with Crippen molar-refractivity contribution < 1.29 is 9.59 Å². The van der Waals surface area contributed by atoms with Gasteiger partial charge in [-0.25, -0.2) is 0 Å². The van der Waals surface area contributed by atoms with Crippen LogP contribution >= 0.6 is 0 Å². The Morgan fingerprint density at radius 2 is 1.62 bits per heavy atom. The molecule has 2 aromatic carbocycles. The molecule has 0 aliphatic carbocycles. The zero-order valence-electron chi connectivity index (χ0n) is 12.4. The van der Waals surface area contributed by atoms with Gasteiger partial charge in [0.15, 0.2) is 0 Å². The highest BCUT2D eigenvalue weighted by molar-refractivity contribution is 6.52. The summed E-state index contributed by atoms with van der Waals surface area (Å²) in [7, 11) is 0. The summed E-state index contributed by atoms with van der Waals surface area (Å²) in [4.78, 5) is 26.0. The van der Waals surface area contributed by atoms with Gasteiger partial charge in [-0.05, 0) is 49.6 Å². The minimum Gasteiger partial charge on any atom is -0.300 e. The van der Waals surface area contributed by atoms with Gasteiger partial charge in [-0.3, -0.25) is 9.59 Å². The van der Waals surface area contributed by atoms with Crippen LogP contribution in [0, 0.1) is 20.8 Å². The predicted octanol–water partition coefficient (Wildman–Crippen LogP) is 3.34. The van der Waals surface area contributed by atoms with E-state index >= 15 is 0 Å². The molecule has 0 N–H and O–H groups in total. The molecule has 0 saturated carbocycles. The van der Waals surface area contributed by atoms with Gasteiger partial charge < -0.3 is 4.90 Å². The lowest BCUT2D eigenvalue weighted by Crippen LogP contribution is -2.29. The molecule has 3 heteroatoms. The third-order valence-corrected chi connectivity index (χ3v) is 4.09. The van der Waals surface area contributed by atoms with Gasteiger partial charge in [0.1, 0.15) is 0 Å². The number of ketones is 1. The lowest BCUT2D eigenvalue weighted by molar-refractivity contribution is -0.114. The first-order valence-corrected chi connectivity index (χ1v) is 7.01. The summed E-state index contributed by atoms with van der Waals surface area (Å²) >= 11 is 0. The van der Waals surface area contributed by atoms with Crippen LogP contribution < -0.4 is 4.90 Å². The van der Waals surface area contributed by atoms with Gasteiger partial charge in [0, 0.05) is 0 Å². The maximum Gasteiger partial charge on any atom is 0.299 e. The molecular formula is C18H17NO2. The van der Waals surface area contributed by atoms with E-state index in [1.807, 2.05) is 51.1 Å². The van der Waals surface area contributed by atoms with Crippen LogP contribution in [-0.4, -0.2) is 11.7 Å². The molecule has 0 atom stereocenters. The smallest absolute Gasteiger partial charge is 0.299 e. The number of benzene rings is 2. The van der Waals surface area contributed by atoms with E-state index in [0.717, 1.165) is 27.9 Å². The first-order chi connectivity index (χ1) is 9.99. The Balaban J connectivity index is 2.05. The van der Waals surface area contributed by atoms with E-state index in [9.17, 15) is 9.59 Å². The molecule has 3 rings (SSSR count). The molecule has 0 unspecified atom stereocenters. The molecule has 106 valence electrons. The standard InChI is InChI=1S/C18H17NO2/c1-11-7-8-16-14(9-11)17(20)18(21)19(16)10-15-12(2)5-4-6-13(15)3/h4-9H,10H2,1-3H3. The van der Waals surface area contributed by atoms with Gasteiger partial charge in [-0.1, -0.05) is 29.8 Å². The summed E-state index contributed by atoms with van der Waals surface area (Å²) in [5, 5.41) is 0. The number of anilines is 1. The van der Waals surface area contributed by atoms with Crippen LogP contribution in [0.25, 0.3) is 0 Å². The Morgan fingerprint density at radius 1 is 0.952 bits per heavy atom. The Bertz CT molecular complexity index is 742. The van der Waals surface area contributed by atoms with Gasteiger partial charge in [0.25, 0.3) is 11.7 Å². The lowest BCUT2D eigenvalue weighted by Gasteiger charge is -2.19. The molecule has 3 nitrogen and oxygen atoms in total. The number of hydrogen-bond donors (Lipinski definition) is 0. The Hall–Kier alpha value is -2.42. The maximum absolute atomic E-state index is 12.3. The minimum absolute atomic E-state index is 0.403. The molecule has 1 aliphatic rings. The summed E-state index contributed by atoms with van der Waals surface area (Å²) in [6.07, 6.45) is 0. The second-order valence-corrected chi connectivity index (χ2v) is 5.61. The molecule has 1 amide bonds. The average molecular weight is 279 g/mol. The number of nitrogens with zero attached hydrogens (tertiary/aromatic N) is 1. The zero-order chi connectivity index (χ0) is 15.1. The topological polar surface area (TPSA) is 37.4 Å². The van der Waals surface area contributed by atoms with Gasteiger partial charge in [-0.2, -0.15) is 0 Å². The molecule has 0 fully saturated rings. The summed E-state index contributed by atoms with van der Waals surface area (Å²) < 4.78 is 0. The van der Waals surface area contributed by atoms with Gasteiger partial charge >= 0.3 is 0 Å². The van der Waals surface area contributed by atoms with Crippen molar-refractivity contribution in [3.63, 3.8) is 0 Å². The average Bonchev–Trinajstić information content (AvgIpc) is 2.67. The van der Waals surface area contributed by atoms with Crippen LogP contribution in [-0.2, 0) is 11.3 Å². The second-order valence-electron chi connectivity index (χ2n) is 5.61. The molecule has 2 aromatic rings. The summed E-state index contributed by atoms with van der Waals surface area (Å²) in [6, 6.07) is 11.6. The second kappa shape index (κ2) is 4.85. The van der Waals surface area contributed by atoms with Gasteiger partial charge in [0.05, 0.1) is 17.8 Å². The molecule has 21 heavy (non-hydrogen) atoms. The van der Waals surface area contributed by atoms with Gasteiger partial charge in [-0.15, -0.1) is 0 Å². The number of aryl methyl sites for hydroxylation is 3. The van der Waals surface area contributed by atoms with Crippen LogP contribution in [0.15, 0.2) is 36.4 Å². The van der Waals surface area contributed by atoms with Crippen molar-refractivity contribution in [3.05, 3.63) is 64.2 Å². The van der Waals surface area contributed by atoms with Crippen LogP contribution in [0.4, 0.5) is 5.69 Å². The molecule has 1 aliphatic heterocycles. The summed E-state index contributed by atoms with van der Waals surface area (Å²) in [5.41, 5.74) is 5.60. The van der Waals surface area contributed by atoms with Crippen LogP contribution in [0.3, 0.4) is 0 Å². The van der Waals surface area contributed by atoms with Crippen LogP contribution in [0.2, 0.25) is 0 Å².